The number of nitrogens with zero attached hydrogens (tertiary/aromatic N) is 1. The predicted molar refractivity (Wildman–Crippen MR) is 92.2 cm³/mol. The van der Waals surface area contributed by atoms with Crippen LogP contribution in [0.2, 0.25) is 0 Å². The van der Waals surface area contributed by atoms with Crippen molar-refractivity contribution in [1.82, 2.24) is 0 Å². The largest absolute Gasteiger partial charge is 0.397 e. The highest BCUT2D eigenvalue weighted by atomic mass is 15.1. The monoisotopic (exact) mass is 276 g/mol. The van der Waals surface area contributed by atoms with Crippen LogP contribution in [0.25, 0.3) is 10.8 Å². The van der Waals surface area contributed by atoms with Crippen molar-refractivity contribution in [3.8, 4) is 0 Å². The van der Waals surface area contributed by atoms with Gasteiger partial charge in [-0.2, -0.15) is 0 Å². The molecule has 3 rings (SSSR count). The van der Waals surface area contributed by atoms with Gasteiger partial charge in [-0.1, -0.05) is 48.5 Å². The molecule has 0 aliphatic carbocycles. The molecule has 0 radical (unpaired) electrons. The van der Waals surface area contributed by atoms with Crippen LogP contribution in [0.5, 0.6) is 0 Å². The maximum atomic E-state index is 6.30. The second-order valence-electron chi connectivity index (χ2n) is 5.25. The third kappa shape index (κ3) is 2.33. The number of fused-ring (bicyclic) bond motifs is 1. The Balaban J connectivity index is 2.21. The van der Waals surface area contributed by atoms with Crippen molar-refractivity contribution in [2.24, 2.45) is 0 Å². The quantitative estimate of drug-likeness (QED) is 0.690. The lowest BCUT2D eigenvalue weighted by Crippen LogP contribution is -2.18. The first kappa shape index (κ1) is 13.5. The van der Waals surface area contributed by atoms with Gasteiger partial charge in [-0.05, 0) is 36.9 Å². The van der Waals surface area contributed by atoms with Crippen LogP contribution in [0.15, 0.2) is 60.7 Å². The standard InChI is InChI=1S/C19H20N2/c1-3-21(18-13-6-8-14(2)19(18)20)17-12-7-10-15-9-4-5-11-16(15)17/h4-13H,3,20H2,1-2H3. The lowest BCUT2D eigenvalue weighted by molar-refractivity contribution is 1.03. The van der Waals surface area contributed by atoms with Gasteiger partial charge in [-0.3, -0.25) is 0 Å². The molecule has 0 aliphatic rings. The number of hydrogen-bond donors (Lipinski definition) is 1. The lowest BCUT2D eigenvalue weighted by atomic mass is 10.1. The molecular weight excluding hydrogens is 256 g/mol. The van der Waals surface area contributed by atoms with Crippen LogP contribution in [-0.4, -0.2) is 6.54 Å². The Morgan fingerprint density at radius 1 is 0.857 bits per heavy atom. The SMILES string of the molecule is CCN(c1cccc(C)c1N)c1cccc2ccccc12. The molecule has 0 amide bonds. The molecule has 2 heteroatoms. The van der Waals surface area contributed by atoms with Crippen LogP contribution in [0, 0.1) is 6.92 Å². The van der Waals surface area contributed by atoms with Gasteiger partial charge in [0.15, 0.2) is 0 Å². The van der Waals surface area contributed by atoms with Gasteiger partial charge in [0.1, 0.15) is 0 Å². The Kier molecular flexibility index (Phi) is 3.53. The van der Waals surface area contributed by atoms with Crippen LogP contribution in [0.3, 0.4) is 0 Å². The molecule has 0 saturated heterocycles. The van der Waals surface area contributed by atoms with Crippen molar-refractivity contribution in [2.45, 2.75) is 13.8 Å². The molecule has 0 aliphatic heterocycles. The molecule has 3 aromatic rings. The van der Waals surface area contributed by atoms with Gasteiger partial charge in [-0.15, -0.1) is 0 Å². The average Bonchev–Trinajstić information content (AvgIpc) is 2.52. The number of para-hydroxylation sites is 1. The third-order valence-corrected chi connectivity index (χ3v) is 3.97. The Bertz CT molecular complexity index is 772. The van der Waals surface area contributed by atoms with Crippen molar-refractivity contribution >= 4 is 27.8 Å². The fourth-order valence-electron chi connectivity index (χ4n) is 2.81. The first-order chi connectivity index (χ1) is 10.2. The molecule has 2 N–H and O–H groups in total. The minimum Gasteiger partial charge on any atom is -0.397 e. The minimum absolute atomic E-state index is 0.854. The third-order valence-electron chi connectivity index (χ3n) is 3.97. The first-order valence-electron chi connectivity index (χ1n) is 7.32. The summed E-state index contributed by atoms with van der Waals surface area (Å²) >= 11 is 0. The molecule has 0 unspecified atom stereocenters. The zero-order chi connectivity index (χ0) is 14.8. The summed E-state index contributed by atoms with van der Waals surface area (Å²) < 4.78 is 0. The minimum atomic E-state index is 0.854. The smallest absolute Gasteiger partial charge is 0.0647 e. The maximum absolute atomic E-state index is 6.30. The zero-order valence-corrected chi connectivity index (χ0v) is 12.5. The highest BCUT2D eigenvalue weighted by molar-refractivity contribution is 5.97. The Morgan fingerprint density at radius 3 is 2.33 bits per heavy atom. The van der Waals surface area contributed by atoms with Gasteiger partial charge in [0.05, 0.1) is 11.4 Å². The molecule has 21 heavy (non-hydrogen) atoms. The van der Waals surface area contributed by atoms with Gasteiger partial charge < -0.3 is 10.6 Å². The number of benzene rings is 3. The molecule has 3 aromatic carbocycles. The highest BCUT2D eigenvalue weighted by Crippen LogP contribution is 2.35. The van der Waals surface area contributed by atoms with E-state index < -0.39 is 0 Å². The Hall–Kier alpha value is -2.48. The van der Waals surface area contributed by atoms with Crippen LogP contribution in [0.4, 0.5) is 17.1 Å². The van der Waals surface area contributed by atoms with Gasteiger partial charge in [0.2, 0.25) is 0 Å². The second-order valence-corrected chi connectivity index (χ2v) is 5.25. The van der Waals surface area contributed by atoms with E-state index in [1.54, 1.807) is 0 Å². The van der Waals surface area contributed by atoms with E-state index in [0.717, 1.165) is 23.5 Å². The van der Waals surface area contributed by atoms with Crippen molar-refractivity contribution < 1.29 is 0 Å². The normalized spacial score (nSPS) is 10.8. The molecule has 0 aromatic heterocycles. The number of nitrogen functional groups attached to an aromatic ring is 1. The summed E-state index contributed by atoms with van der Waals surface area (Å²) in [7, 11) is 0. The molecule has 0 atom stereocenters. The summed E-state index contributed by atoms with van der Waals surface area (Å²) in [6.45, 7) is 5.08. The molecule has 0 spiro atoms. The van der Waals surface area contributed by atoms with E-state index >= 15 is 0 Å². The molecule has 0 bridgehead atoms. The zero-order valence-electron chi connectivity index (χ0n) is 12.5. The second kappa shape index (κ2) is 5.49. The fourth-order valence-corrected chi connectivity index (χ4v) is 2.81. The number of nitrogens with two attached hydrogens (primary N) is 1. The van der Waals surface area contributed by atoms with Gasteiger partial charge in [-0.25, -0.2) is 0 Å². The summed E-state index contributed by atoms with van der Waals surface area (Å²) in [5.74, 6) is 0. The molecule has 2 nitrogen and oxygen atoms in total. The molecule has 0 saturated carbocycles. The molecular formula is C19H20N2. The lowest BCUT2D eigenvalue weighted by Gasteiger charge is -2.27. The van der Waals surface area contributed by atoms with E-state index in [-0.39, 0.29) is 0 Å². The van der Waals surface area contributed by atoms with Crippen molar-refractivity contribution in [3.05, 3.63) is 66.2 Å². The predicted octanol–water partition coefficient (Wildman–Crippen LogP) is 4.89. The number of rotatable bonds is 3. The van der Waals surface area contributed by atoms with Crippen LogP contribution >= 0.6 is 0 Å². The first-order valence-corrected chi connectivity index (χ1v) is 7.32. The van der Waals surface area contributed by atoms with E-state index in [9.17, 15) is 0 Å². The maximum Gasteiger partial charge on any atom is 0.0647 e. The van der Waals surface area contributed by atoms with Crippen LogP contribution in [0.1, 0.15) is 12.5 Å². The van der Waals surface area contributed by atoms with Crippen molar-refractivity contribution in [1.29, 1.82) is 0 Å². The molecule has 106 valence electrons. The van der Waals surface area contributed by atoms with E-state index in [0.29, 0.717) is 0 Å². The number of anilines is 3. The Labute approximate surface area is 125 Å². The van der Waals surface area contributed by atoms with E-state index in [4.69, 9.17) is 5.73 Å². The number of aryl methyl sites for hydroxylation is 1. The summed E-state index contributed by atoms with van der Waals surface area (Å²) in [6, 6.07) is 21.1. The number of hydrogen-bond acceptors (Lipinski definition) is 2. The van der Waals surface area contributed by atoms with Crippen LogP contribution < -0.4 is 10.6 Å². The van der Waals surface area contributed by atoms with Crippen molar-refractivity contribution in [3.63, 3.8) is 0 Å². The molecule has 0 fully saturated rings. The summed E-state index contributed by atoms with van der Waals surface area (Å²) in [4.78, 5) is 2.28. The van der Waals surface area contributed by atoms with E-state index in [2.05, 4.69) is 79.4 Å². The summed E-state index contributed by atoms with van der Waals surface area (Å²) in [6.07, 6.45) is 0. The van der Waals surface area contributed by atoms with Gasteiger partial charge in [0.25, 0.3) is 0 Å². The summed E-state index contributed by atoms with van der Waals surface area (Å²) in [5.41, 5.74) is 10.5. The molecule has 0 heterocycles. The summed E-state index contributed by atoms with van der Waals surface area (Å²) in [5, 5.41) is 2.50. The van der Waals surface area contributed by atoms with Gasteiger partial charge in [0, 0.05) is 17.6 Å². The van der Waals surface area contributed by atoms with E-state index in [1.165, 1.54) is 16.5 Å². The van der Waals surface area contributed by atoms with Crippen molar-refractivity contribution in [2.75, 3.05) is 17.2 Å². The Morgan fingerprint density at radius 2 is 1.52 bits per heavy atom. The average molecular weight is 276 g/mol. The topological polar surface area (TPSA) is 29.3 Å². The highest BCUT2D eigenvalue weighted by Gasteiger charge is 2.13. The van der Waals surface area contributed by atoms with Gasteiger partial charge >= 0.3 is 0 Å². The van der Waals surface area contributed by atoms with Crippen LogP contribution in [-0.2, 0) is 0 Å². The van der Waals surface area contributed by atoms with E-state index in [1.807, 2.05) is 0 Å². The fraction of sp³-hybridized carbons (Fsp3) is 0.158.